The highest BCUT2D eigenvalue weighted by Gasteiger charge is 2.36. The number of carbonyl (C=O) groups excluding carboxylic acids is 2. The van der Waals surface area contributed by atoms with E-state index in [0.717, 1.165) is 28.7 Å². The molecule has 2 amide bonds. The van der Waals surface area contributed by atoms with Crippen molar-refractivity contribution in [2.24, 2.45) is 11.3 Å². The monoisotopic (exact) mass is 478 g/mol. The first-order chi connectivity index (χ1) is 16.6. The van der Waals surface area contributed by atoms with Crippen LogP contribution < -0.4 is 10.6 Å². The molecule has 2 aromatic carbocycles. The normalized spacial score (nSPS) is 20.0. The number of alkyl carbamates (subject to hydrolysis) is 1. The molecule has 186 valence electrons. The molecule has 0 aromatic heterocycles. The van der Waals surface area contributed by atoms with Gasteiger partial charge in [-0.2, -0.15) is 0 Å². The van der Waals surface area contributed by atoms with Gasteiger partial charge in [0.15, 0.2) is 0 Å². The highest BCUT2D eigenvalue weighted by atomic mass is 16.5. The second-order valence-electron chi connectivity index (χ2n) is 10.8. The molecule has 4 rings (SSSR count). The molecule has 3 atom stereocenters. The Labute approximate surface area is 206 Å². The van der Waals surface area contributed by atoms with Crippen LogP contribution in [0.2, 0.25) is 0 Å². The third kappa shape index (κ3) is 5.66. The minimum absolute atomic E-state index is 0.0714. The van der Waals surface area contributed by atoms with Crippen LogP contribution >= 0.6 is 0 Å². The summed E-state index contributed by atoms with van der Waals surface area (Å²) in [7, 11) is 0. The number of ether oxygens (including phenoxy) is 1. The Morgan fingerprint density at radius 2 is 1.60 bits per heavy atom. The molecule has 0 heterocycles. The Morgan fingerprint density at radius 3 is 2.17 bits per heavy atom. The number of benzene rings is 2. The zero-order valence-electron chi connectivity index (χ0n) is 20.5. The van der Waals surface area contributed by atoms with Crippen molar-refractivity contribution in [3.05, 3.63) is 59.7 Å². The topological polar surface area (TPSA) is 105 Å². The largest absolute Gasteiger partial charge is 0.481 e. The molecule has 0 aliphatic heterocycles. The smallest absolute Gasteiger partial charge is 0.407 e. The predicted molar refractivity (Wildman–Crippen MR) is 133 cm³/mol. The van der Waals surface area contributed by atoms with E-state index in [1.165, 1.54) is 0 Å². The van der Waals surface area contributed by atoms with E-state index < -0.39 is 30.1 Å². The van der Waals surface area contributed by atoms with E-state index >= 15 is 0 Å². The van der Waals surface area contributed by atoms with Crippen molar-refractivity contribution >= 4 is 18.0 Å². The van der Waals surface area contributed by atoms with Crippen molar-refractivity contribution in [1.82, 2.24) is 10.6 Å². The molecule has 0 saturated heterocycles. The molecule has 0 radical (unpaired) electrons. The van der Waals surface area contributed by atoms with E-state index in [4.69, 9.17) is 4.74 Å². The Balaban J connectivity index is 1.42. The van der Waals surface area contributed by atoms with E-state index in [2.05, 4.69) is 34.9 Å². The molecule has 2 aliphatic rings. The van der Waals surface area contributed by atoms with E-state index in [1.807, 2.05) is 45.0 Å². The molecule has 7 nitrogen and oxygen atoms in total. The second kappa shape index (κ2) is 10.1. The summed E-state index contributed by atoms with van der Waals surface area (Å²) in [4.78, 5) is 37.4. The van der Waals surface area contributed by atoms with Gasteiger partial charge in [0.2, 0.25) is 5.91 Å². The van der Waals surface area contributed by atoms with Crippen LogP contribution in [0.5, 0.6) is 0 Å². The van der Waals surface area contributed by atoms with Gasteiger partial charge in [0, 0.05) is 12.0 Å². The Kier molecular flexibility index (Phi) is 7.15. The third-order valence-electron chi connectivity index (χ3n) is 6.93. The highest BCUT2D eigenvalue weighted by Crippen LogP contribution is 2.44. The SMILES string of the molecule is CC(C)(C)CC(NC(=O)OCC1c2ccccc2-c2ccccc21)C(=O)N[C@@H]1CCC[C@@H]1C(=O)O. The van der Waals surface area contributed by atoms with Crippen molar-refractivity contribution in [1.29, 1.82) is 0 Å². The van der Waals surface area contributed by atoms with Crippen LogP contribution in [-0.4, -0.2) is 41.8 Å². The summed E-state index contributed by atoms with van der Waals surface area (Å²) in [5.41, 5.74) is 4.29. The maximum absolute atomic E-state index is 13.1. The first-order valence-corrected chi connectivity index (χ1v) is 12.3. The number of aliphatic carboxylic acids is 1. The average molecular weight is 479 g/mol. The summed E-state index contributed by atoms with van der Waals surface area (Å²) in [6.07, 6.45) is 1.66. The molecule has 1 saturated carbocycles. The lowest BCUT2D eigenvalue weighted by molar-refractivity contribution is -0.142. The first kappa shape index (κ1) is 24.8. The summed E-state index contributed by atoms with van der Waals surface area (Å²) in [6, 6.07) is 15.0. The van der Waals surface area contributed by atoms with Gasteiger partial charge in [-0.15, -0.1) is 0 Å². The Morgan fingerprint density at radius 1 is 1.00 bits per heavy atom. The molecule has 0 spiro atoms. The minimum atomic E-state index is -0.898. The number of carbonyl (C=O) groups is 3. The lowest BCUT2D eigenvalue weighted by Crippen LogP contribution is -2.52. The van der Waals surface area contributed by atoms with Crippen LogP contribution in [0.3, 0.4) is 0 Å². The standard InChI is InChI=1S/C28H34N2O5/c1-28(2,3)15-24(25(31)29-23-14-8-13-21(23)26(32)33)30-27(34)35-16-22-19-11-6-4-9-17(19)18-10-5-7-12-20(18)22/h4-7,9-12,21-24H,8,13-16H2,1-3H3,(H,29,31)(H,30,34)(H,32,33)/t21-,23+,24?/m0/s1. The Bertz CT molecular complexity index is 1060. The van der Waals surface area contributed by atoms with Crippen LogP contribution in [0.1, 0.15) is 63.5 Å². The zero-order chi connectivity index (χ0) is 25.2. The van der Waals surface area contributed by atoms with E-state index in [-0.39, 0.29) is 23.8 Å². The number of carboxylic acid groups (broad SMARTS) is 1. The fourth-order valence-corrected chi connectivity index (χ4v) is 5.32. The van der Waals surface area contributed by atoms with Crippen molar-refractivity contribution in [3.63, 3.8) is 0 Å². The average Bonchev–Trinajstić information content (AvgIpc) is 3.39. The lowest BCUT2D eigenvalue weighted by atomic mass is 9.87. The third-order valence-corrected chi connectivity index (χ3v) is 6.93. The van der Waals surface area contributed by atoms with Crippen molar-refractivity contribution in [2.75, 3.05) is 6.61 Å². The molecule has 3 N–H and O–H groups in total. The first-order valence-electron chi connectivity index (χ1n) is 12.3. The summed E-state index contributed by atoms with van der Waals surface area (Å²) in [6.45, 7) is 6.13. The molecular weight excluding hydrogens is 444 g/mol. The fourth-order valence-electron chi connectivity index (χ4n) is 5.32. The Hall–Kier alpha value is -3.35. The molecule has 35 heavy (non-hydrogen) atoms. The fraction of sp³-hybridized carbons (Fsp3) is 0.464. The minimum Gasteiger partial charge on any atom is -0.481 e. The van der Waals surface area contributed by atoms with Crippen LogP contribution in [0.25, 0.3) is 11.1 Å². The van der Waals surface area contributed by atoms with Gasteiger partial charge in [-0.05, 0) is 46.9 Å². The van der Waals surface area contributed by atoms with Gasteiger partial charge >= 0.3 is 12.1 Å². The van der Waals surface area contributed by atoms with Gasteiger partial charge in [0.1, 0.15) is 12.6 Å². The molecule has 2 aliphatic carbocycles. The highest BCUT2D eigenvalue weighted by molar-refractivity contribution is 5.86. The van der Waals surface area contributed by atoms with Gasteiger partial charge in [-0.1, -0.05) is 75.7 Å². The number of amides is 2. The molecule has 0 bridgehead atoms. The zero-order valence-corrected chi connectivity index (χ0v) is 20.5. The van der Waals surface area contributed by atoms with Gasteiger partial charge in [-0.25, -0.2) is 4.79 Å². The maximum atomic E-state index is 13.1. The molecule has 2 aromatic rings. The number of rotatable bonds is 7. The van der Waals surface area contributed by atoms with Crippen LogP contribution in [0.4, 0.5) is 4.79 Å². The van der Waals surface area contributed by atoms with E-state index in [9.17, 15) is 19.5 Å². The summed E-state index contributed by atoms with van der Waals surface area (Å²) < 4.78 is 5.64. The summed E-state index contributed by atoms with van der Waals surface area (Å²) in [5.74, 6) is -1.93. The van der Waals surface area contributed by atoms with Gasteiger partial charge in [0.25, 0.3) is 0 Å². The second-order valence-corrected chi connectivity index (χ2v) is 10.8. The molecule has 1 fully saturated rings. The lowest BCUT2D eigenvalue weighted by Gasteiger charge is -2.28. The van der Waals surface area contributed by atoms with Crippen LogP contribution in [0.15, 0.2) is 48.5 Å². The van der Waals surface area contributed by atoms with Crippen LogP contribution in [0, 0.1) is 11.3 Å². The van der Waals surface area contributed by atoms with E-state index in [1.54, 1.807) is 0 Å². The van der Waals surface area contributed by atoms with Crippen molar-refractivity contribution in [2.45, 2.75) is 64.5 Å². The van der Waals surface area contributed by atoms with E-state index in [0.29, 0.717) is 19.3 Å². The number of hydrogen-bond donors (Lipinski definition) is 3. The summed E-state index contributed by atoms with van der Waals surface area (Å²) in [5, 5.41) is 15.1. The van der Waals surface area contributed by atoms with Gasteiger partial charge in [-0.3, -0.25) is 9.59 Å². The van der Waals surface area contributed by atoms with Gasteiger partial charge in [0.05, 0.1) is 5.92 Å². The van der Waals surface area contributed by atoms with Crippen LogP contribution in [-0.2, 0) is 14.3 Å². The van der Waals surface area contributed by atoms with Crippen molar-refractivity contribution in [3.8, 4) is 11.1 Å². The number of hydrogen-bond acceptors (Lipinski definition) is 4. The predicted octanol–water partition coefficient (Wildman–Crippen LogP) is 4.70. The van der Waals surface area contributed by atoms with Gasteiger partial charge < -0.3 is 20.5 Å². The molecular formula is C28H34N2O5. The molecule has 7 heteroatoms. The molecule has 1 unspecified atom stereocenters. The number of carboxylic acids is 1. The number of fused-ring (bicyclic) bond motifs is 3. The maximum Gasteiger partial charge on any atom is 0.407 e. The summed E-state index contributed by atoms with van der Waals surface area (Å²) >= 11 is 0. The number of nitrogens with one attached hydrogen (secondary N) is 2. The van der Waals surface area contributed by atoms with Crippen molar-refractivity contribution < 1.29 is 24.2 Å². The quantitative estimate of drug-likeness (QED) is 0.535.